The van der Waals surface area contributed by atoms with Crippen LogP contribution in [0.15, 0.2) is 18.3 Å². The number of hydrogen-bond donors (Lipinski definition) is 1. The Morgan fingerprint density at radius 1 is 1.50 bits per heavy atom. The molecule has 1 N–H and O–H groups in total. The molecule has 0 aliphatic carbocycles. The molecule has 0 aliphatic heterocycles. The van der Waals surface area contributed by atoms with E-state index >= 15 is 0 Å². The Hall–Kier alpha value is -1.45. The number of pyridine rings is 1. The maximum absolute atomic E-state index is 12.7. The zero-order chi connectivity index (χ0) is 10.8. The fourth-order valence-electron chi connectivity index (χ4n) is 0.956. The highest BCUT2D eigenvalue weighted by atomic mass is 19.1. The largest absolute Gasteiger partial charge is 0.347 e. The monoisotopic (exact) mass is 196 g/mol. The normalized spacial score (nSPS) is 11.1. The minimum absolute atomic E-state index is 0.285. The molecule has 3 nitrogen and oxygen atoms in total. The zero-order valence-corrected chi connectivity index (χ0v) is 8.47. The molecule has 0 bridgehead atoms. The summed E-state index contributed by atoms with van der Waals surface area (Å²) < 4.78 is 12.7. The number of halogens is 1. The van der Waals surface area contributed by atoms with E-state index in [4.69, 9.17) is 0 Å². The van der Waals surface area contributed by atoms with Gasteiger partial charge in [0.05, 0.1) is 0 Å². The Morgan fingerprint density at radius 2 is 2.14 bits per heavy atom. The van der Waals surface area contributed by atoms with Crippen LogP contribution in [0.25, 0.3) is 0 Å². The van der Waals surface area contributed by atoms with Crippen LogP contribution in [0.2, 0.25) is 0 Å². The molecule has 0 aromatic carbocycles. The van der Waals surface area contributed by atoms with Gasteiger partial charge in [-0.2, -0.15) is 4.39 Å². The average Bonchev–Trinajstić information content (AvgIpc) is 2.01. The summed E-state index contributed by atoms with van der Waals surface area (Å²) in [6, 6.07) is 2.59. The van der Waals surface area contributed by atoms with Crippen molar-refractivity contribution in [2.75, 3.05) is 0 Å². The second-order valence-corrected chi connectivity index (χ2v) is 4.07. The number of nitrogens with zero attached hydrogens (tertiary/aromatic N) is 1. The summed E-state index contributed by atoms with van der Waals surface area (Å²) in [6.45, 7) is 5.59. The first-order chi connectivity index (χ1) is 6.38. The van der Waals surface area contributed by atoms with E-state index in [1.807, 2.05) is 20.8 Å². The summed E-state index contributed by atoms with van der Waals surface area (Å²) in [5.74, 6) is -0.939. The lowest BCUT2D eigenvalue weighted by atomic mass is 10.1. The number of aromatic nitrogens is 1. The van der Waals surface area contributed by atoms with Crippen molar-refractivity contribution in [3.63, 3.8) is 0 Å². The third kappa shape index (κ3) is 3.12. The molecular weight excluding hydrogens is 183 g/mol. The number of amides is 1. The first kappa shape index (κ1) is 10.6. The van der Waals surface area contributed by atoms with E-state index in [1.165, 1.54) is 12.3 Å². The van der Waals surface area contributed by atoms with Crippen LogP contribution >= 0.6 is 0 Å². The quantitative estimate of drug-likeness (QED) is 0.695. The predicted molar refractivity (Wildman–Crippen MR) is 51.4 cm³/mol. The molecule has 0 atom stereocenters. The van der Waals surface area contributed by atoms with Crippen molar-refractivity contribution < 1.29 is 9.18 Å². The summed E-state index contributed by atoms with van der Waals surface area (Å²) in [7, 11) is 0. The van der Waals surface area contributed by atoms with Gasteiger partial charge in [0.2, 0.25) is 5.95 Å². The Kier molecular flexibility index (Phi) is 2.84. The highest BCUT2D eigenvalue weighted by Crippen LogP contribution is 2.04. The average molecular weight is 196 g/mol. The molecule has 0 aliphatic rings. The van der Waals surface area contributed by atoms with Crippen molar-refractivity contribution in [2.24, 2.45) is 0 Å². The predicted octanol–water partition coefficient (Wildman–Crippen LogP) is 1.75. The Morgan fingerprint density at radius 3 is 2.64 bits per heavy atom. The molecule has 0 unspecified atom stereocenters. The van der Waals surface area contributed by atoms with Crippen molar-refractivity contribution >= 4 is 5.91 Å². The number of carbonyl (C=O) groups excluding carboxylic acids is 1. The first-order valence-corrected chi connectivity index (χ1v) is 4.32. The van der Waals surface area contributed by atoms with Gasteiger partial charge in [-0.1, -0.05) is 0 Å². The molecule has 76 valence electrons. The van der Waals surface area contributed by atoms with Crippen LogP contribution in [0.5, 0.6) is 0 Å². The lowest BCUT2D eigenvalue weighted by Crippen LogP contribution is -2.40. The number of carbonyl (C=O) groups is 1. The summed E-state index contributed by atoms with van der Waals surface area (Å²) in [5, 5.41) is 2.73. The van der Waals surface area contributed by atoms with Gasteiger partial charge in [-0.15, -0.1) is 0 Å². The molecule has 1 aromatic heterocycles. The van der Waals surface area contributed by atoms with E-state index in [0.717, 1.165) is 6.07 Å². The SMILES string of the molecule is CC(C)(C)NC(=O)c1ccnc(F)c1. The van der Waals surface area contributed by atoms with Gasteiger partial charge in [0, 0.05) is 23.4 Å². The molecule has 0 spiro atoms. The molecule has 0 radical (unpaired) electrons. The van der Waals surface area contributed by atoms with E-state index in [9.17, 15) is 9.18 Å². The fourth-order valence-corrected chi connectivity index (χ4v) is 0.956. The van der Waals surface area contributed by atoms with E-state index < -0.39 is 5.95 Å². The van der Waals surface area contributed by atoms with Crippen LogP contribution in [-0.2, 0) is 0 Å². The maximum Gasteiger partial charge on any atom is 0.251 e. The molecule has 4 heteroatoms. The lowest BCUT2D eigenvalue weighted by molar-refractivity contribution is 0.0919. The molecular formula is C10H13FN2O. The molecule has 0 saturated heterocycles. The smallest absolute Gasteiger partial charge is 0.251 e. The van der Waals surface area contributed by atoms with Crippen LogP contribution in [0.4, 0.5) is 4.39 Å². The summed E-state index contributed by atoms with van der Waals surface area (Å²) in [5.41, 5.74) is -0.0379. The van der Waals surface area contributed by atoms with Crippen LogP contribution in [0, 0.1) is 5.95 Å². The van der Waals surface area contributed by atoms with Crippen molar-refractivity contribution in [2.45, 2.75) is 26.3 Å². The van der Waals surface area contributed by atoms with Crippen molar-refractivity contribution in [3.05, 3.63) is 29.8 Å². The van der Waals surface area contributed by atoms with Crippen molar-refractivity contribution in [3.8, 4) is 0 Å². The molecule has 0 saturated carbocycles. The van der Waals surface area contributed by atoms with Crippen molar-refractivity contribution in [1.29, 1.82) is 0 Å². The van der Waals surface area contributed by atoms with Gasteiger partial charge in [-0.3, -0.25) is 4.79 Å². The minimum atomic E-state index is -0.647. The standard InChI is InChI=1S/C10H13FN2O/c1-10(2,3)13-9(14)7-4-5-12-8(11)6-7/h4-6H,1-3H3,(H,13,14). The van der Waals surface area contributed by atoms with Gasteiger partial charge >= 0.3 is 0 Å². The third-order valence-corrected chi connectivity index (χ3v) is 1.48. The van der Waals surface area contributed by atoms with Crippen LogP contribution in [0.1, 0.15) is 31.1 Å². The summed E-state index contributed by atoms with van der Waals surface area (Å²) in [6.07, 6.45) is 1.27. The Labute approximate surface area is 82.4 Å². The van der Waals surface area contributed by atoms with Gasteiger partial charge in [0.25, 0.3) is 5.91 Å². The molecule has 1 rings (SSSR count). The van der Waals surface area contributed by atoms with Gasteiger partial charge in [0.1, 0.15) is 0 Å². The molecule has 1 heterocycles. The number of hydrogen-bond acceptors (Lipinski definition) is 2. The molecule has 0 fully saturated rings. The fraction of sp³-hybridized carbons (Fsp3) is 0.400. The van der Waals surface area contributed by atoms with Gasteiger partial charge in [0.15, 0.2) is 0 Å². The van der Waals surface area contributed by atoms with E-state index in [0.29, 0.717) is 0 Å². The summed E-state index contributed by atoms with van der Waals surface area (Å²) >= 11 is 0. The number of rotatable bonds is 1. The molecule has 14 heavy (non-hydrogen) atoms. The minimum Gasteiger partial charge on any atom is -0.347 e. The second-order valence-electron chi connectivity index (χ2n) is 4.07. The summed E-state index contributed by atoms with van der Waals surface area (Å²) in [4.78, 5) is 14.9. The van der Waals surface area contributed by atoms with Gasteiger partial charge in [-0.25, -0.2) is 4.98 Å². The first-order valence-electron chi connectivity index (χ1n) is 4.32. The van der Waals surface area contributed by atoms with E-state index in [1.54, 1.807) is 0 Å². The maximum atomic E-state index is 12.7. The van der Waals surface area contributed by atoms with Crippen molar-refractivity contribution in [1.82, 2.24) is 10.3 Å². The van der Waals surface area contributed by atoms with E-state index in [2.05, 4.69) is 10.3 Å². The lowest BCUT2D eigenvalue weighted by Gasteiger charge is -2.20. The third-order valence-electron chi connectivity index (χ3n) is 1.48. The number of nitrogens with one attached hydrogen (secondary N) is 1. The highest BCUT2D eigenvalue weighted by molar-refractivity contribution is 5.94. The Bertz CT molecular complexity index is 344. The topological polar surface area (TPSA) is 42.0 Å². The van der Waals surface area contributed by atoms with Gasteiger partial charge < -0.3 is 5.32 Å². The van der Waals surface area contributed by atoms with Crippen LogP contribution < -0.4 is 5.32 Å². The zero-order valence-electron chi connectivity index (χ0n) is 8.47. The molecule has 1 amide bonds. The second kappa shape index (κ2) is 3.74. The van der Waals surface area contributed by atoms with Gasteiger partial charge in [-0.05, 0) is 26.8 Å². The Balaban J connectivity index is 2.80. The molecule has 1 aromatic rings. The van der Waals surface area contributed by atoms with E-state index in [-0.39, 0.29) is 17.0 Å². The van der Waals surface area contributed by atoms with Crippen LogP contribution in [0.3, 0.4) is 0 Å². The highest BCUT2D eigenvalue weighted by Gasteiger charge is 2.15. The van der Waals surface area contributed by atoms with Crippen LogP contribution in [-0.4, -0.2) is 16.4 Å².